The second kappa shape index (κ2) is 8.27. The number of carbonyl (C=O) groups excluding carboxylic acids is 1. The summed E-state index contributed by atoms with van der Waals surface area (Å²) in [4.78, 5) is 16.3. The molecule has 0 saturated carbocycles. The molecule has 3 aromatic rings. The van der Waals surface area contributed by atoms with Gasteiger partial charge >= 0.3 is 0 Å². The van der Waals surface area contributed by atoms with Gasteiger partial charge in [-0.2, -0.15) is 0 Å². The lowest BCUT2D eigenvalue weighted by atomic mass is 10.2. The van der Waals surface area contributed by atoms with Crippen molar-refractivity contribution in [1.29, 1.82) is 0 Å². The number of amides is 1. The molecule has 6 heteroatoms. The van der Waals surface area contributed by atoms with Crippen LogP contribution in [-0.4, -0.2) is 35.7 Å². The van der Waals surface area contributed by atoms with E-state index in [2.05, 4.69) is 44.0 Å². The summed E-state index contributed by atoms with van der Waals surface area (Å²) in [6.45, 7) is 1.36. The highest BCUT2D eigenvalue weighted by molar-refractivity contribution is 9.10. The molecule has 0 spiro atoms. The van der Waals surface area contributed by atoms with Crippen molar-refractivity contribution in [2.45, 2.75) is 13.0 Å². The van der Waals surface area contributed by atoms with Crippen molar-refractivity contribution < 1.29 is 9.53 Å². The van der Waals surface area contributed by atoms with Crippen LogP contribution in [0, 0.1) is 0 Å². The number of nitrogens with zero attached hydrogens (tertiary/aromatic N) is 2. The first kappa shape index (κ1) is 17.6. The van der Waals surface area contributed by atoms with Crippen LogP contribution in [0.2, 0.25) is 0 Å². The smallest absolute Gasteiger partial charge is 0.245 e. The summed E-state index contributed by atoms with van der Waals surface area (Å²) in [6.07, 6.45) is 0.667. The first-order valence-electron chi connectivity index (χ1n) is 8.11. The molecule has 0 bridgehead atoms. The van der Waals surface area contributed by atoms with Crippen molar-refractivity contribution >= 4 is 32.9 Å². The summed E-state index contributed by atoms with van der Waals surface area (Å²) >= 11 is 3.47. The summed E-state index contributed by atoms with van der Waals surface area (Å²) in [5, 5.41) is 2.85. The molecule has 0 unspecified atom stereocenters. The fourth-order valence-corrected chi connectivity index (χ4v) is 3.03. The molecule has 5 nitrogen and oxygen atoms in total. The molecule has 2 aromatic carbocycles. The quantitative estimate of drug-likeness (QED) is 0.661. The van der Waals surface area contributed by atoms with E-state index >= 15 is 0 Å². The average Bonchev–Trinajstić information content (AvgIpc) is 2.95. The normalized spacial score (nSPS) is 11.0. The van der Waals surface area contributed by atoms with Crippen LogP contribution in [0.4, 0.5) is 0 Å². The maximum atomic E-state index is 11.5. The van der Waals surface area contributed by atoms with E-state index in [1.54, 1.807) is 0 Å². The van der Waals surface area contributed by atoms with Gasteiger partial charge in [0.05, 0.1) is 11.0 Å². The van der Waals surface area contributed by atoms with E-state index in [1.165, 1.54) is 12.7 Å². The van der Waals surface area contributed by atoms with Gasteiger partial charge in [0, 0.05) is 31.1 Å². The van der Waals surface area contributed by atoms with Crippen LogP contribution < -0.4 is 5.32 Å². The highest BCUT2D eigenvalue weighted by atomic mass is 79.9. The number of para-hydroxylation sites is 2. The standard InChI is InChI=1S/C19H20BrN3O2/c1-25-13-19(24)21-11-10-18-22-16-4-2-3-5-17(16)23(18)12-14-6-8-15(20)9-7-14/h2-9H,10-13H2,1H3,(H,21,24). The Morgan fingerprint density at radius 3 is 2.72 bits per heavy atom. The molecule has 25 heavy (non-hydrogen) atoms. The number of benzene rings is 2. The van der Waals surface area contributed by atoms with Crippen LogP contribution >= 0.6 is 15.9 Å². The third kappa shape index (κ3) is 4.46. The number of hydrogen-bond acceptors (Lipinski definition) is 3. The van der Waals surface area contributed by atoms with E-state index in [9.17, 15) is 4.79 Å². The molecule has 0 fully saturated rings. The molecule has 1 amide bonds. The first-order valence-corrected chi connectivity index (χ1v) is 8.91. The van der Waals surface area contributed by atoms with E-state index in [0.717, 1.165) is 27.9 Å². The van der Waals surface area contributed by atoms with Crippen LogP contribution in [0.1, 0.15) is 11.4 Å². The van der Waals surface area contributed by atoms with E-state index in [0.29, 0.717) is 13.0 Å². The fourth-order valence-electron chi connectivity index (χ4n) is 2.76. The Hall–Kier alpha value is -2.18. The van der Waals surface area contributed by atoms with Crippen molar-refractivity contribution in [2.75, 3.05) is 20.3 Å². The molecular weight excluding hydrogens is 382 g/mol. The minimum Gasteiger partial charge on any atom is -0.375 e. The van der Waals surface area contributed by atoms with Gasteiger partial charge < -0.3 is 14.6 Å². The number of ether oxygens (including phenoxy) is 1. The predicted molar refractivity (Wildman–Crippen MR) is 102 cm³/mol. The van der Waals surface area contributed by atoms with Crippen molar-refractivity contribution in [1.82, 2.24) is 14.9 Å². The van der Waals surface area contributed by atoms with Crippen molar-refractivity contribution in [3.63, 3.8) is 0 Å². The van der Waals surface area contributed by atoms with Gasteiger partial charge in [-0.25, -0.2) is 4.98 Å². The SMILES string of the molecule is COCC(=O)NCCc1nc2ccccc2n1Cc1ccc(Br)cc1. The number of nitrogens with one attached hydrogen (secondary N) is 1. The number of halogens is 1. The molecule has 0 atom stereocenters. The Kier molecular flexibility index (Phi) is 5.83. The molecule has 1 heterocycles. The van der Waals surface area contributed by atoms with Gasteiger partial charge in [-0.05, 0) is 29.8 Å². The number of carbonyl (C=O) groups is 1. The van der Waals surface area contributed by atoms with Crippen LogP contribution in [0.15, 0.2) is 53.0 Å². The number of aromatic nitrogens is 2. The Morgan fingerprint density at radius 2 is 1.96 bits per heavy atom. The van der Waals surface area contributed by atoms with E-state index < -0.39 is 0 Å². The summed E-state index contributed by atoms with van der Waals surface area (Å²) in [6, 6.07) is 16.4. The zero-order chi connectivity index (χ0) is 17.6. The van der Waals surface area contributed by atoms with E-state index in [-0.39, 0.29) is 12.5 Å². The number of rotatable bonds is 7. The molecule has 0 radical (unpaired) electrons. The molecule has 1 aromatic heterocycles. The second-order valence-electron chi connectivity index (χ2n) is 5.76. The largest absolute Gasteiger partial charge is 0.375 e. The zero-order valence-electron chi connectivity index (χ0n) is 14.0. The van der Waals surface area contributed by atoms with E-state index in [4.69, 9.17) is 9.72 Å². The first-order chi connectivity index (χ1) is 12.2. The predicted octanol–water partition coefficient (Wildman–Crippen LogP) is 3.15. The second-order valence-corrected chi connectivity index (χ2v) is 6.68. The lowest BCUT2D eigenvalue weighted by molar-refractivity contribution is -0.124. The average molecular weight is 402 g/mol. The Bertz CT molecular complexity index is 859. The van der Waals surface area contributed by atoms with Crippen molar-refractivity contribution in [3.8, 4) is 0 Å². The number of fused-ring (bicyclic) bond motifs is 1. The van der Waals surface area contributed by atoms with Gasteiger partial charge in [-0.3, -0.25) is 4.79 Å². The minimum absolute atomic E-state index is 0.0787. The molecule has 3 rings (SSSR count). The third-order valence-electron chi connectivity index (χ3n) is 3.93. The highest BCUT2D eigenvalue weighted by Gasteiger charge is 2.11. The molecule has 0 aliphatic heterocycles. The summed E-state index contributed by atoms with van der Waals surface area (Å²) in [7, 11) is 1.51. The van der Waals surface area contributed by atoms with Gasteiger partial charge in [0.2, 0.25) is 5.91 Å². The van der Waals surface area contributed by atoms with Gasteiger partial charge in [0.15, 0.2) is 0 Å². The van der Waals surface area contributed by atoms with Gasteiger partial charge in [-0.1, -0.05) is 40.2 Å². The van der Waals surface area contributed by atoms with E-state index in [1.807, 2.05) is 30.3 Å². The molecule has 0 aliphatic carbocycles. The molecule has 1 N–H and O–H groups in total. The van der Waals surface area contributed by atoms with Gasteiger partial charge in [-0.15, -0.1) is 0 Å². The van der Waals surface area contributed by atoms with Crippen LogP contribution in [-0.2, 0) is 22.5 Å². The minimum atomic E-state index is -0.113. The maximum absolute atomic E-state index is 11.5. The third-order valence-corrected chi connectivity index (χ3v) is 4.46. The summed E-state index contributed by atoms with van der Waals surface area (Å²) < 4.78 is 8.10. The topological polar surface area (TPSA) is 56.1 Å². The van der Waals surface area contributed by atoms with Crippen molar-refractivity contribution in [2.24, 2.45) is 0 Å². The Morgan fingerprint density at radius 1 is 1.20 bits per heavy atom. The van der Waals surface area contributed by atoms with Crippen molar-refractivity contribution in [3.05, 3.63) is 64.4 Å². The fraction of sp³-hybridized carbons (Fsp3) is 0.263. The Balaban J connectivity index is 1.81. The van der Waals surface area contributed by atoms with Crippen LogP contribution in [0.5, 0.6) is 0 Å². The molecule has 0 aliphatic rings. The van der Waals surface area contributed by atoms with Crippen LogP contribution in [0.3, 0.4) is 0 Å². The van der Waals surface area contributed by atoms with Crippen LogP contribution in [0.25, 0.3) is 11.0 Å². The molecule has 0 saturated heterocycles. The number of imidazole rings is 1. The maximum Gasteiger partial charge on any atom is 0.245 e. The summed E-state index contributed by atoms with van der Waals surface area (Å²) in [5.74, 6) is 0.847. The highest BCUT2D eigenvalue weighted by Crippen LogP contribution is 2.19. The monoisotopic (exact) mass is 401 g/mol. The zero-order valence-corrected chi connectivity index (χ0v) is 15.6. The summed E-state index contributed by atoms with van der Waals surface area (Å²) in [5.41, 5.74) is 3.28. The lowest BCUT2D eigenvalue weighted by Crippen LogP contribution is -2.29. The Labute approximate surface area is 155 Å². The van der Waals surface area contributed by atoms with Gasteiger partial charge in [0.1, 0.15) is 12.4 Å². The number of methoxy groups -OCH3 is 1. The van der Waals surface area contributed by atoms with Gasteiger partial charge in [0.25, 0.3) is 0 Å². The number of hydrogen-bond donors (Lipinski definition) is 1. The molecule has 130 valence electrons. The molecular formula is C19H20BrN3O2. The lowest BCUT2D eigenvalue weighted by Gasteiger charge is -2.10.